The molecule has 3 rings (SSSR count). The van der Waals surface area contributed by atoms with Crippen LogP contribution in [0.2, 0.25) is 0 Å². The number of benzene rings is 1. The van der Waals surface area contributed by atoms with Crippen LogP contribution in [0, 0.1) is 5.41 Å². The van der Waals surface area contributed by atoms with Crippen molar-refractivity contribution < 1.29 is 23.1 Å². The van der Waals surface area contributed by atoms with Gasteiger partial charge in [-0.3, -0.25) is 0 Å². The number of rotatable bonds is 6. The topological polar surface area (TPSA) is 96.8 Å². The highest BCUT2D eigenvalue weighted by Gasteiger charge is 2.25. The number of carboxylic acids is 1. The predicted octanol–water partition coefficient (Wildman–Crippen LogP) is 4.11. The summed E-state index contributed by atoms with van der Waals surface area (Å²) in [6.07, 6.45) is 5.09. The molecule has 0 spiro atoms. The van der Waals surface area contributed by atoms with E-state index in [9.17, 15) is 13.2 Å². The number of allylic oxidation sites excluding steroid dienone is 2. The van der Waals surface area contributed by atoms with E-state index in [0.717, 1.165) is 34.1 Å². The number of aromatic carboxylic acids is 1. The summed E-state index contributed by atoms with van der Waals surface area (Å²) in [4.78, 5) is 15.7. The number of anilines is 2. The Bertz CT molecular complexity index is 1000. The van der Waals surface area contributed by atoms with E-state index in [4.69, 9.17) is 9.84 Å². The SMILES string of the molecule is COc1cc(C(=O)O)ccc1N(c1csc(C2=CCC(C)(C)CC2)n1)[SH](=O)=O. The minimum absolute atomic E-state index is 0.00983. The zero-order valence-electron chi connectivity index (χ0n) is 15.8. The quantitative estimate of drug-likeness (QED) is 0.680. The van der Waals surface area contributed by atoms with E-state index in [0.29, 0.717) is 0 Å². The highest BCUT2D eigenvalue weighted by Crippen LogP contribution is 2.41. The number of hydrogen-bond donors (Lipinski definition) is 2. The van der Waals surface area contributed by atoms with Gasteiger partial charge in [-0.05, 0) is 48.4 Å². The zero-order chi connectivity index (χ0) is 20.5. The fourth-order valence-corrected chi connectivity index (χ4v) is 4.61. The Morgan fingerprint density at radius 3 is 2.68 bits per heavy atom. The molecule has 2 aromatic rings. The normalized spacial score (nSPS) is 15.9. The van der Waals surface area contributed by atoms with E-state index < -0.39 is 16.9 Å². The highest BCUT2D eigenvalue weighted by molar-refractivity contribution is 7.74. The highest BCUT2D eigenvalue weighted by atomic mass is 32.2. The molecular formula is C19H22N2O5S2. The number of nitrogens with zero attached hydrogens (tertiary/aromatic N) is 2. The van der Waals surface area contributed by atoms with Crippen molar-refractivity contribution in [1.29, 1.82) is 0 Å². The molecule has 9 heteroatoms. The van der Waals surface area contributed by atoms with Crippen LogP contribution >= 0.6 is 11.3 Å². The molecule has 0 unspecified atom stereocenters. The molecule has 28 heavy (non-hydrogen) atoms. The van der Waals surface area contributed by atoms with Gasteiger partial charge in [0.05, 0.1) is 12.7 Å². The van der Waals surface area contributed by atoms with Crippen LogP contribution < -0.4 is 9.04 Å². The summed E-state index contributed by atoms with van der Waals surface area (Å²) in [6.45, 7) is 4.45. The Morgan fingerprint density at radius 2 is 2.11 bits per heavy atom. The van der Waals surface area contributed by atoms with Crippen molar-refractivity contribution in [2.24, 2.45) is 5.41 Å². The number of carboxylic acid groups (broad SMARTS) is 1. The number of hydrogen-bond acceptors (Lipinski definition) is 6. The fraction of sp³-hybridized carbons (Fsp3) is 0.368. The van der Waals surface area contributed by atoms with E-state index in [2.05, 4.69) is 24.9 Å². The van der Waals surface area contributed by atoms with Crippen LogP contribution in [0.25, 0.3) is 5.57 Å². The molecule has 1 heterocycles. The maximum Gasteiger partial charge on any atom is 0.335 e. The molecule has 0 bridgehead atoms. The second-order valence-electron chi connectivity index (χ2n) is 7.35. The van der Waals surface area contributed by atoms with E-state index >= 15 is 0 Å². The lowest BCUT2D eigenvalue weighted by Gasteiger charge is -2.27. The van der Waals surface area contributed by atoms with Crippen LogP contribution in [0.1, 0.15) is 48.5 Å². The van der Waals surface area contributed by atoms with Gasteiger partial charge in [0, 0.05) is 5.38 Å². The van der Waals surface area contributed by atoms with Gasteiger partial charge < -0.3 is 9.84 Å². The van der Waals surface area contributed by atoms with Gasteiger partial charge in [-0.25, -0.2) is 22.5 Å². The summed E-state index contributed by atoms with van der Waals surface area (Å²) in [6, 6.07) is 4.04. The van der Waals surface area contributed by atoms with Gasteiger partial charge >= 0.3 is 5.97 Å². The van der Waals surface area contributed by atoms with Gasteiger partial charge in [0.15, 0.2) is 5.82 Å². The first-order chi connectivity index (χ1) is 13.2. The molecular weight excluding hydrogens is 400 g/mol. The third-order valence-corrected chi connectivity index (χ3v) is 6.43. The average molecular weight is 423 g/mol. The van der Waals surface area contributed by atoms with Crippen LogP contribution in [-0.2, 0) is 10.9 Å². The Kier molecular flexibility index (Phi) is 5.76. The summed E-state index contributed by atoms with van der Waals surface area (Å²) in [5.74, 6) is -0.707. The van der Waals surface area contributed by atoms with Gasteiger partial charge in [0.2, 0.25) is 10.9 Å². The molecule has 1 N–H and O–H groups in total. The minimum atomic E-state index is -3.05. The number of aromatic nitrogens is 1. The first kappa shape index (κ1) is 20.3. The Morgan fingerprint density at radius 1 is 1.36 bits per heavy atom. The van der Waals surface area contributed by atoms with Crippen molar-refractivity contribution in [2.45, 2.75) is 33.1 Å². The number of thiol groups is 1. The van der Waals surface area contributed by atoms with E-state index in [1.807, 2.05) is 0 Å². The second-order valence-corrected chi connectivity index (χ2v) is 9.08. The van der Waals surface area contributed by atoms with Crippen molar-refractivity contribution in [3.63, 3.8) is 0 Å². The summed E-state index contributed by atoms with van der Waals surface area (Å²) >= 11 is 1.39. The van der Waals surface area contributed by atoms with Gasteiger partial charge in [0.25, 0.3) is 0 Å². The van der Waals surface area contributed by atoms with Crippen molar-refractivity contribution >= 4 is 45.3 Å². The lowest BCUT2D eigenvalue weighted by molar-refractivity contribution is 0.0696. The molecule has 0 fully saturated rings. The maximum atomic E-state index is 12.0. The number of carbonyl (C=O) groups is 1. The monoisotopic (exact) mass is 422 g/mol. The molecule has 1 aromatic heterocycles. The van der Waals surface area contributed by atoms with Crippen molar-refractivity contribution in [3.8, 4) is 5.75 Å². The summed E-state index contributed by atoms with van der Waals surface area (Å²) in [5.41, 5.74) is 1.63. The van der Waals surface area contributed by atoms with Crippen molar-refractivity contribution in [2.75, 3.05) is 11.4 Å². The van der Waals surface area contributed by atoms with Crippen LogP contribution in [0.4, 0.5) is 11.5 Å². The second kappa shape index (κ2) is 7.92. The molecule has 1 aliphatic rings. The van der Waals surface area contributed by atoms with Gasteiger partial charge in [-0.15, -0.1) is 11.3 Å². The largest absolute Gasteiger partial charge is 0.495 e. The fourth-order valence-electron chi connectivity index (χ4n) is 3.06. The molecule has 0 saturated carbocycles. The summed E-state index contributed by atoms with van der Waals surface area (Å²) in [5, 5.41) is 11.6. The zero-order valence-corrected chi connectivity index (χ0v) is 17.5. The van der Waals surface area contributed by atoms with Crippen molar-refractivity contribution in [1.82, 2.24) is 4.98 Å². The molecule has 0 radical (unpaired) electrons. The lowest BCUT2D eigenvalue weighted by atomic mass is 9.78. The Labute approximate surface area is 169 Å². The molecule has 0 amide bonds. The number of ether oxygens (including phenoxy) is 1. The van der Waals surface area contributed by atoms with Gasteiger partial charge in [0.1, 0.15) is 16.4 Å². The van der Waals surface area contributed by atoms with E-state index in [-0.39, 0.29) is 28.2 Å². The van der Waals surface area contributed by atoms with E-state index in [1.54, 1.807) is 5.38 Å². The first-order valence-electron chi connectivity index (χ1n) is 8.72. The number of thiazole rings is 1. The van der Waals surface area contributed by atoms with Gasteiger partial charge in [-0.1, -0.05) is 19.9 Å². The third-order valence-electron chi connectivity index (χ3n) is 4.77. The van der Waals surface area contributed by atoms with Crippen molar-refractivity contribution in [3.05, 3.63) is 40.2 Å². The van der Waals surface area contributed by atoms with Crippen LogP contribution in [-0.4, -0.2) is 31.6 Å². The van der Waals surface area contributed by atoms with Crippen LogP contribution in [0.5, 0.6) is 5.75 Å². The molecule has 7 nitrogen and oxygen atoms in total. The number of methoxy groups -OCH3 is 1. The van der Waals surface area contributed by atoms with Crippen LogP contribution in [0.3, 0.4) is 0 Å². The molecule has 0 aliphatic heterocycles. The summed E-state index contributed by atoms with van der Waals surface area (Å²) in [7, 11) is -1.69. The van der Waals surface area contributed by atoms with E-state index in [1.165, 1.54) is 36.6 Å². The summed E-state index contributed by atoms with van der Waals surface area (Å²) < 4.78 is 30.3. The molecule has 1 aliphatic carbocycles. The third kappa shape index (κ3) is 4.20. The Balaban J connectivity index is 1.98. The minimum Gasteiger partial charge on any atom is -0.495 e. The van der Waals surface area contributed by atoms with Crippen LogP contribution in [0.15, 0.2) is 29.7 Å². The smallest absolute Gasteiger partial charge is 0.335 e. The average Bonchev–Trinajstić information content (AvgIpc) is 3.11. The standard InChI is InChI=1S/C19H22N2O5S2/c1-19(2)8-6-12(7-9-19)17-20-16(11-27-17)21(28(24)25)14-5-4-13(18(22)23)10-15(14)26-3/h4-6,10-11,28H,7-9H2,1-3H3,(H,22,23). The van der Waals surface area contributed by atoms with Gasteiger partial charge in [-0.2, -0.15) is 0 Å². The molecule has 0 saturated heterocycles. The predicted molar refractivity (Wildman–Crippen MR) is 110 cm³/mol. The molecule has 0 atom stereocenters. The first-order valence-corrected chi connectivity index (χ1v) is 10.7. The molecule has 1 aromatic carbocycles. The maximum absolute atomic E-state index is 12.0. The Hall–Kier alpha value is -2.39. The lowest BCUT2D eigenvalue weighted by Crippen LogP contribution is -2.16. The molecule has 150 valence electrons.